The van der Waals surface area contributed by atoms with Gasteiger partial charge < -0.3 is 4.42 Å². The normalized spacial score (nSPS) is 20.0. The number of pyridine rings is 2. The zero-order chi connectivity index (χ0) is 32.4. The van der Waals surface area contributed by atoms with Gasteiger partial charge in [-0.05, 0) is 62.2 Å². The van der Waals surface area contributed by atoms with Crippen LogP contribution in [-0.4, -0.2) is 4.98 Å². The van der Waals surface area contributed by atoms with E-state index in [1.165, 1.54) is 12.4 Å². The Kier molecular flexibility index (Phi) is 2.65. The van der Waals surface area contributed by atoms with E-state index in [9.17, 15) is 0 Å². The van der Waals surface area contributed by atoms with Crippen molar-refractivity contribution in [2.24, 2.45) is 7.05 Å². The Labute approximate surface area is 215 Å². The van der Waals surface area contributed by atoms with Crippen LogP contribution in [-0.2, 0) is 12.5 Å². The second-order valence-electron chi connectivity index (χ2n) is 9.35. The summed E-state index contributed by atoms with van der Waals surface area (Å²) in [6, 6.07) is 12.3. The predicted molar refractivity (Wildman–Crippen MR) is 139 cm³/mol. The molecule has 0 radical (unpaired) electrons. The van der Waals surface area contributed by atoms with E-state index in [1.807, 2.05) is 19.1 Å². The molecule has 0 saturated carbocycles. The van der Waals surface area contributed by atoms with Crippen LogP contribution in [0.15, 0.2) is 59.3 Å². The Morgan fingerprint density at radius 3 is 2.59 bits per heavy atom. The molecule has 1 aliphatic rings. The highest BCUT2D eigenvalue weighted by molar-refractivity contribution is 6.12. The van der Waals surface area contributed by atoms with Crippen LogP contribution < -0.4 is 4.57 Å². The standard InChI is InChI=1S/C31H31N2O/c1-17(2)24-15-25(33(7)16-19(24)4)26-18(3)10-11-21-22-13-12-20-23-9-8-14-32-30(23)31(5,6)27(20)29(22)34-28(21)26/h8-17H,1-7H3/q+1/i4D3,5D3,6D3,17D. The summed E-state index contributed by atoms with van der Waals surface area (Å²) in [6.07, 6.45) is 2.92. The van der Waals surface area contributed by atoms with Gasteiger partial charge in [-0.25, -0.2) is 4.57 Å². The van der Waals surface area contributed by atoms with E-state index in [-0.39, 0.29) is 22.4 Å². The van der Waals surface area contributed by atoms with Gasteiger partial charge in [0.1, 0.15) is 18.2 Å². The first kappa shape index (κ1) is 12.9. The van der Waals surface area contributed by atoms with Gasteiger partial charge in [-0.3, -0.25) is 4.98 Å². The summed E-state index contributed by atoms with van der Waals surface area (Å²) in [5.41, 5.74) is 1.42. The van der Waals surface area contributed by atoms with Crippen molar-refractivity contribution < 1.29 is 22.7 Å². The van der Waals surface area contributed by atoms with Crippen LogP contribution in [0.2, 0.25) is 0 Å². The van der Waals surface area contributed by atoms with Crippen molar-refractivity contribution in [3.8, 4) is 22.4 Å². The minimum Gasteiger partial charge on any atom is -0.455 e. The Morgan fingerprint density at radius 1 is 1.03 bits per heavy atom. The van der Waals surface area contributed by atoms with E-state index in [1.54, 1.807) is 55.8 Å². The first-order valence-electron chi connectivity index (χ1n) is 16.2. The average Bonchev–Trinajstić information content (AvgIpc) is 3.41. The topological polar surface area (TPSA) is 29.9 Å². The molecule has 6 rings (SSSR count). The highest BCUT2D eigenvalue weighted by atomic mass is 16.3. The molecule has 2 aromatic carbocycles. The van der Waals surface area contributed by atoms with Crippen molar-refractivity contribution in [1.29, 1.82) is 0 Å². The second kappa shape index (κ2) is 7.02. The van der Waals surface area contributed by atoms with Crippen molar-refractivity contribution in [2.75, 3.05) is 0 Å². The summed E-state index contributed by atoms with van der Waals surface area (Å²) in [6.45, 7) is -3.32. The van der Waals surface area contributed by atoms with E-state index in [0.29, 0.717) is 44.3 Å². The number of hydrogen-bond donors (Lipinski definition) is 0. The van der Waals surface area contributed by atoms with Gasteiger partial charge in [0.05, 0.1) is 11.3 Å². The largest absolute Gasteiger partial charge is 0.455 e. The van der Waals surface area contributed by atoms with Crippen LogP contribution in [0, 0.1) is 13.8 Å². The summed E-state index contributed by atoms with van der Waals surface area (Å²) in [7, 11) is 1.72. The third kappa shape index (κ3) is 2.70. The predicted octanol–water partition coefficient (Wildman–Crippen LogP) is 7.52. The van der Waals surface area contributed by atoms with Crippen LogP contribution in [0.4, 0.5) is 0 Å². The number of furan rings is 1. The molecule has 0 saturated heterocycles. The van der Waals surface area contributed by atoms with E-state index < -0.39 is 31.9 Å². The summed E-state index contributed by atoms with van der Waals surface area (Å²) in [5, 5.41) is 1.19. The molecule has 1 aliphatic carbocycles. The minimum atomic E-state index is -3.01. The molecule has 0 bridgehead atoms. The Morgan fingerprint density at radius 2 is 1.82 bits per heavy atom. The fourth-order valence-electron chi connectivity index (χ4n) is 5.27. The number of nitrogens with zero attached hydrogens (tertiary/aromatic N) is 2. The molecular formula is C31H31N2O+. The van der Waals surface area contributed by atoms with Crippen molar-refractivity contribution in [3.63, 3.8) is 0 Å². The van der Waals surface area contributed by atoms with E-state index in [4.69, 9.17) is 18.1 Å². The lowest BCUT2D eigenvalue weighted by atomic mass is 9.84. The molecule has 3 heteroatoms. The van der Waals surface area contributed by atoms with Gasteiger partial charge in [0, 0.05) is 58.8 Å². The molecule has 5 aromatic rings. The maximum absolute atomic E-state index is 8.74. The number of benzene rings is 2. The first-order valence-corrected chi connectivity index (χ1v) is 11.2. The summed E-state index contributed by atoms with van der Waals surface area (Å²) in [4.78, 5) is 4.34. The van der Waals surface area contributed by atoms with Crippen LogP contribution in [0.1, 0.15) is 75.1 Å². The van der Waals surface area contributed by atoms with E-state index in [2.05, 4.69) is 4.98 Å². The molecule has 0 atom stereocenters. The van der Waals surface area contributed by atoms with Crippen molar-refractivity contribution in [3.05, 3.63) is 82.8 Å². The highest BCUT2D eigenvalue weighted by Crippen LogP contribution is 2.52. The fourth-order valence-corrected chi connectivity index (χ4v) is 5.27. The Bertz CT molecular complexity index is 1980. The van der Waals surface area contributed by atoms with Crippen molar-refractivity contribution in [1.82, 2.24) is 4.98 Å². The SMILES string of the molecule is [2H]C([2H])([2H])c1c[n+](C)c(-c2c(C)ccc3c2oc2c4c(ccc23)-c2cccnc2C4(C([2H])([2H])[2H])C([2H])([2H])[2H])cc1C([2H])(C)C. The molecule has 0 spiro atoms. The summed E-state index contributed by atoms with van der Waals surface area (Å²) >= 11 is 0. The molecule has 170 valence electrons. The zero-order valence-electron chi connectivity index (χ0n) is 29.5. The summed E-state index contributed by atoms with van der Waals surface area (Å²) < 4.78 is 93.1. The molecular weight excluding hydrogens is 416 g/mol. The van der Waals surface area contributed by atoms with Crippen LogP contribution in [0.5, 0.6) is 0 Å². The number of hydrogen-bond acceptors (Lipinski definition) is 2. The van der Waals surface area contributed by atoms with Crippen LogP contribution >= 0.6 is 0 Å². The lowest BCUT2D eigenvalue weighted by Gasteiger charge is -2.20. The maximum atomic E-state index is 8.74. The number of rotatable bonds is 2. The molecule has 0 fully saturated rings. The average molecular weight is 458 g/mol. The van der Waals surface area contributed by atoms with Gasteiger partial charge in [-0.2, -0.15) is 0 Å². The van der Waals surface area contributed by atoms with Gasteiger partial charge in [0.25, 0.3) is 0 Å². The van der Waals surface area contributed by atoms with E-state index >= 15 is 0 Å². The number of aryl methyl sites for hydroxylation is 3. The summed E-state index contributed by atoms with van der Waals surface area (Å²) in [5.74, 6) is -1.24. The molecule has 3 heterocycles. The Hall–Kier alpha value is -3.46. The van der Waals surface area contributed by atoms with E-state index in [0.717, 1.165) is 5.56 Å². The lowest BCUT2D eigenvalue weighted by Crippen LogP contribution is -2.32. The molecule has 3 nitrogen and oxygen atoms in total. The monoisotopic (exact) mass is 457 g/mol. The molecule has 34 heavy (non-hydrogen) atoms. The van der Waals surface area contributed by atoms with Crippen LogP contribution in [0.25, 0.3) is 44.3 Å². The van der Waals surface area contributed by atoms with Crippen LogP contribution in [0.3, 0.4) is 0 Å². The highest BCUT2D eigenvalue weighted by Gasteiger charge is 2.40. The molecule has 0 N–H and O–H groups in total. The molecule has 0 unspecified atom stereocenters. The van der Waals surface area contributed by atoms with Crippen molar-refractivity contribution >= 4 is 21.9 Å². The molecule has 3 aromatic heterocycles. The second-order valence-corrected chi connectivity index (χ2v) is 9.35. The van der Waals surface area contributed by atoms with Crippen molar-refractivity contribution in [2.45, 2.75) is 52.6 Å². The van der Waals surface area contributed by atoms with Gasteiger partial charge in [0.15, 0.2) is 6.20 Å². The number of fused-ring (bicyclic) bond motifs is 7. The lowest BCUT2D eigenvalue weighted by molar-refractivity contribution is -0.660. The minimum absolute atomic E-state index is 0.0340. The fraction of sp³-hybridized carbons (Fsp3) is 0.290. The molecule has 0 aliphatic heterocycles. The zero-order valence-corrected chi connectivity index (χ0v) is 19.5. The smallest absolute Gasteiger partial charge is 0.216 e. The van der Waals surface area contributed by atoms with Gasteiger partial charge in [-0.15, -0.1) is 0 Å². The quantitative estimate of drug-likeness (QED) is 0.257. The number of aromatic nitrogens is 2. The van der Waals surface area contributed by atoms with Gasteiger partial charge in [0.2, 0.25) is 5.69 Å². The first-order chi connectivity index (χ1) is 20.2. The molecule has 0 amide bonds. The third-order valence-electron chi connectivity index (χ3n) is 6.91. The van der Waals surface area contributed by atoms with Gasteiger partial charge >= 0.3 is 0 Å². The maximum Gasteiger partial charge on any atom is 0.216 e. The Balaban J connectivity index is 1.76. The third-order valence-corrected chi connectivity index (χ3v) is 6.91. The van der Waals surface area contributed by atoms with Gasteiger partial charge in [-0.1, -0.05) is 38.1 Å².